The van der Waals surface area contributed by atoms with E-state index < -0.39 is 0 Å². The molecule has 0 aliphatic rings. The van der Waals surface area contributed by atoms with Crippen LogP contribution in [0.25, 0.3) is 0 Å². The third kappa shape index (κ3) is 4.80. The molecule has 130 valence electrons. The molecule has 0 saturated heterocycles. The largest absolute Gasteiger partial charge is 0.497 e. The number of amides is 1. The lowest BCUT2D eigenvalue weighted by Crippen LogP contribution is -2.21. The molecule has 2 aromatic carbocycles. The van der Waals surface area contributed by atoms with E-state index in [9.17, 15) is 4.79 Å². The molecule has 0 unspecified atom stereocenters. The summed E-state index contributed by atoms with van der Waals surface area (Å²) in [7, 11) is 1.56. The fraction of sp³-hybridized carbons (Fsp3) is 0.278. The molecule has 0 bridgehead atoms. The number of carbonyl (C=O) groups excluding carboxylic acids is 1. The molecular formula is C18H23ClN2O3. The summed E-state index contributed by atoms with van der Waals surface area (Å²) in [4.78, 5) is 12.1. The van der Waals surface area contributed by atoms with Crippen LogP contribution in [0, 0.1) is 20.8 Å². The highest BCUT2D eigenvalue weighted by molar-refractivity contribution is 5.95. The van der Waals surface area contributed by atoms with Gasteiger partial charge in [-0.3, -0.25) is 4.79 Å². The standard InChI is InChI=1S/C18H22N2O3.ClH/c1-11-7-12(2)18(13(3)8-11)23-10-17(21)20-16-9-14(22-4)5-6-15(16)19;/h5-9H,10,19H2,1-4H3,(H,20,21);1H. The predicted molar refractivity (Wildman–Crippen MR) is 99.4 cm³/mol. The lowest BCUT2D eigenvalue weighted by atomic mass is 10.1. The van der Waals surface area contributed by atoms with E-state index >= 15 is 0 Å². The molecule has 1 amide bonds. The Morgan fingerprint density at radius 3 is 2.33 bits per heavy atom. The lowest BCUT2D eigenvalue weighted by Gasteiger charge is -2.14. The van der Waals surface area contributed by atoms with E-state index in [-0.39, 0.29) is 24.9 Å². The highest BCUT2D eigenvalue weighted by Gasteiger charge is 2.10. The average molecular weight is 351 g/mol. The number of carbonyl (C=O) groups is 1. The molecule has 6 heteroatoms. The van der Waals surface area contributed by atoms with Gasteiger partial charge in [-0.25, -0.2) is 0 Å². The predicted octanol–water partition coefficient (Wildman–Crippen LogP) is 3.64. The number of rotatable bonds is 5. The van der Waals surface area contributed by atoms with Crippen molar-refractivity contribution < 1.29 is 14.3 Å². The first-order valence-electron chi connectivity index (χ1n) is 7.34. The summed E-state index contributed by atoms with van der Waals surface area (Å²) in [5, 5.41) is 2.74. The van der Waals surface area contributed by atoms with Crippen molar-refractivity contribution in [3.05, 3.63) is 47.0 Å². The second-order valence-corrected chi connectivity index (χ2v) is 5.52. The van der Waals surface area contributed by atoms with Gasteiger partial charge in [0.1, 0.15) is 11.5 Å². The van der Waals surface area contributed by atoms with E-state index in [0.29, 0.717) is 17.1 Å². The van der Waals surface area contributed by atoms with Crippen LogP contribution in [0.3, 0.4) is 0 Å². The molecule has 0 saturated carbocycles. The number of benzene rings is 2. The van der Waals surface area contributed by atoms with Crippen LogP contribution >= 0.6 is 12.4 Å². The zero-order valence-corrected chi connectivity index (χ0v) is 15.1. The Hall–Kier alpha value is -2.40. The minimum absolute atomic E-state index is 0. The van der Waals surface area contributed by atoms with Crippen LogP contribution in [0.15, 0.2) is 30.3 Å². The Kier molecular flexibility index (Phi) is 6.92. The molecule has 0 fully saturated rings. The summed E-state index contributed by atoms with van der Waals surface area (Å²) in [6, 6.07) is 9.15. The van der Waals surface area contributed by atoms with Crippen LogP contribution in [0.4, 0.5) is 11.4 Å². The smallest absolute Gasteiger partial charge is 0.262 e. The van der Waals surface area contributed by atoms with Crippen molar-refractivity contribution in [2.24, 2.45) is 0 Å². The van der Waals surface area contributed by atoms with Gasteiger partial charge in [-0.1, -0.05) is 17.7 Å². The number of hydrogen-bond donors (Lipinski definition) is 2. The number of nitrogen functional groups attached to an aromatic ring is 1. The minimum Gasteiger partial charge on any atom is -0.497 e. The highest BCUT2D eigenvalue weighted by Crippen LogP contribution is 2.26. The Morgan fingerprint density at radius 2 is 1.75 bits per heavy atom. The molecule has 5 nitrogen and oxygen atoms in total. The summed E-state index contributed by atoms with van der Waals surface area (Å²) >= 11 is 0. The maximum atomic E-state index is 12.1. The van der Waals surface area contributed by atoms with Crippen molar-refractivity contribution in [2.45, 2.75) is 20.8 Å². The number of halogens is 1. The van der Waals surface area contributed by atoms with Gasteiger partial charge < -0.3 is 20.5 Å². The van der Waals surface area contributed by atoms with Gasteiger partial charge in [-0.15, -0.1) is 12.4 Å². The Labute approximate surface area is 148 Å². The molecule has 0 aromatic heterocycles. The van der Waals surface area contributed by atoms with Gasteiger partial charge in [0.2, 0.25) is 0 Å². The van der Waals surface area contributed by atoms with Crippen molar-refractivity contribution >= 4 is 29.7 Å². The van der Waals surface area contributed by atoms with Crippen LogP contribution < -0.4 is 20.5 Å². The first kappa shape index (κ1) is 19.6. The van der Waals surface area contributed by atoms with Crippen LogP contribution in [0.5, 0.6) is 11.5 Å². The maximum Gasteiger partial charge on any atom is 0.262 e. The number of hydrogen-bond acceptors (Lipinski definition) is 4. The van der Waals surface area contributed by atoms with Crippen LogP contribution in [-0.2, 0) is 4.79 Å². The molecule has 0 aliphatic heterocycles. The van der Waals surface area contributed by atoms with Gasteiger partial charge in [0.25, 0.3) is 5.91 Å². The van der Waals surface area contributed by atoms with Gasteiger partial charge in [0.05, 0.1) is 18.5 Å². The molecule has 3 N–H and O–H groups in total. The summed E-state index contributed by atoms with van der Waals surface area (Å²) in [6.07, 6.45) is 0. The Morgan fingerprint density at radius 1 is 1.12 bits per heavy atom. The monoisotopic (exact) mass is 350 g/mol. The number of ether oxygens (including phenoxy) is 2. The first-order valence-corrected chi connectivity index (χ1v) is 7.34. The van der Waals surface area contributed by atoms with Crippen LogP contribution in [-0.4, -0.2) is 19.6 Å². The second-order valence-electron chi connectivity index (χ2n) is 5.52. The molecule has 0 spiro atoms. The van der Waals surface area contributed by atoms with Crippen LogP contribution in [0.1, 0.15) is 16.7 Å². The zero-order valence-electron chi connectivity index (χ0n) is 14.3. The highest BCUT2D eigenvalue weighted by atomic mass is 35.5. The van der Waals surface area contributed by atoms with Crippen molar-refractivity contribution in [1.82, 2.24) is 0 Å². The van der Waals surface area contributed by atoms with Crippen LogP contribution in [0.2, 0.25) is 0 Å². The fourth-order valence-corrected chi connectivity index (χ4v) is 2.49. The summed E-state index contributed by atoms with van der Waals surface area (Å²) in [6.45, 7) is 5.88. The second kappa shape index (κ2) is 8.45. The Balaban J connectivity index is 0.00000288. The van der Waals surface area contributed by atoms with Crippen molar-refractivity contribution in [2.75, 3.05) is 24.8 Å². The molecule has 0 heterocycles. The molecule has 24 heavy (non-hydrogen) atoms. The quantitative estimate of drug-likeness (QED) is 0.807. The SMILES string of the molecule is COc1ccc(N)c(NC(=O)COc2c(C)cc(C)cc2C)c1.Cl. The molecular weight excluding hydrogens is 328 g/mol. The fourth-order valence-electron chi connectivity index (χ4n) is 2.49. The zero-order chi connectivity index (χ0) is 17.0. The molecule has 0 atom stereocenters. The average Bonchev–Trinajstić information content (AvgIpc) is 2.48. The number of aryl methyl sites for hydroxylation is 3. The molecule has 2 aromatic rings. The van der Waals surface area contributed by atoms with E-state index in [0.717, 1.165) is 16.9 Å². The maximum absolute atomic E-state index is 12.1. The number of anilines is 2. The topological polar surface area (TPSA) is 73.6 Å². The summed E-state index contributed by atoms with van der Waals surface area (Å²) < 4.78 is 10.8. The van der Waals surface area contributed by atoms with E-state index in [4.69, 9.17) is 15.2 Å². The van der Waals surface area contributed by atoms with Gasteiger partial charge in [0, 0.05) is 6.07 Å². The van der Waals surface area contributed by atoms with Gasteiger partial charge >= 0.3 is 0 Å². The first-order chi connectivity index (χ1) is 10.9. The van der Waals surface area contributed by atoms with Gasteiger partial charge in [-0.05, 0) is 44.0 Å². The van der Waals surface area contributed by atoms with Crippen molar-refractivity contribution in [3.63, 3.8) is 0 Å². The minimum atomic E-state index is -0.274. The number of methoxy groups -OCH3 is 1. The van der Waals surface area contributed by atoms with Crippen molar-refractivity contribution in [3.8, 4) is 11.5 Å². The van der Waals surface area contributed by atoms with Gasteiger partial charge in [-0.2, -0.15) is 0 Å². The molecule has 0 radical (unpaired) electrons. The normalized spacial score (nSPS) is 9.83. The summed E-state index contributed by atoms with van der Waals surface area (Å²) in [5.74, 6) is 1.09. The van der Waals surface area contributed by atoms with E-state index in [1.807, 2.05) is 32.9 Å². The van der Waals surface area contributed by atoms with Gasteiger partial charge in [0.15, 0.2) is 6.61 Å². The Bertz CT molecular complexity index is 709. The lowest BCUT2D eigenvalue weighted by molar-refractivity contribution is -0.118. The third-order valence-electron chi connectivity index (χ3n) is 3.49. The number of nitrogens with two attached hydrogens (primary N) is 1. The third-order valence-corrected chi connectivity index (χ3v) is 3.49. The van der Waals surface area contributed by atoms with E-state index in [2.05, 4.69) is 5.32 Å². The van der Waals surface area contributed by atoms with E-state index in [1.54, 1.807) is 25.3 Å². The molecule has 0 aliphatic carbocycles. The summed E-state index contributed by atoms with van der Waals surface area (Å²) in [5.41, 5.74) is 10.0. The van der Waals surface area contributed by atoms with Crippen molar-refractivity contribution in [1.29, 1.82) is 0 Å². The molecule has 2 rings (SSSR count). The van der Waals surface area contributed by atoms with E-state index in [1.165, 1.54) is 5.56 Å². The number of nitrogens with one attached hydrogen (secondary N) is 1.